The Labute approximate surface area is 114 Å². The third-order valence-corrected chi connectivity index (χ3v) is 3.66. The largest absolute Gasteiger partial charge is 0.506 e. The number of aromatic amines is 1. The van der Waals surface area contributed by atoms with Gasteiger partial charge >= 0.3 is 5.97 Å². The van der Waals surface area contributed by atoms with E-state index in [1.54, 1.807) is 0 Å². The van der Waals surface area contributed by atoms with Gasteiger partial charge < -0.3 is 15.2 Å². The normalized spacial score (nSPS) is 13.2. The summed E-state index contributed by atoms with van der Waals surface area (Å²) in [7, 11) is 0. The molecule has 1 aliphatic carbocycles. The van der Waals surface area contributed by atoms with Gasteiger partial charge in [-0.05, 0) is 24.8 Å². The lowest BCUT2D eigenvalue weighted by molar-refractivity contribution is 0.0691. The van der Waals surface area contributed by atoms with Crippen LogP contribution in [0.25, 0.3) is 11.3 Å². The lowest BCUT2D eigenvalue weighted by Crippen LogP contribution is -2.19. The Balaban J connectivity index is 2.36. The second-order valence-corrected chi connectivity index (χ2v) is 4.85. The van der Waals surface area contributed by atoms with E-state index in [9.17, 15) is 14.7 Å². The molecular formula is C15H13NO4. The van der Waals surface area contributed by atoms with E-state index in [0.717, 1.165) is 24.0 Å². The predicted molar refractivity (Wildman–Crippen MR) is 73.1 cm³/mol. The van der Waals surface area contributed by atoms with Gasteiger partial charge in [0.15, 0.2) is 5.56 Å². The van der Waals surface area contributed by atoms with Crippen molar-refractivity contribution in [3.8, 4) is 17.0 Å². The van der Waals surface area contributed by atoms with Gasteiger partial charge in [0, 0.05) is 11.1 Å². The minimum Gasteiger partial charge on any atom is -0.506 e. The molecule has 3 rings (SSSR count). The van der Waals surface area contributed by atoms with Gasteiger partial charge in [0.2, 0.25) is 0 Å². The molecule has 5 nitrogen and oxygen atoms in total. The maximum absolute atomic E-state index is 11.9. The van der Waals surface area contributed by atoms with Crippen LogP contribution >= 0.6 is 0 Å². The summed E-state index contributed by atoms with van der Waals surface area (Å²) < 4.78 is 0. The molecule has 0 saturated carbocycles. The summed E-state index contributed by atoms with van der Waals surface area (Å²) in [6, 6.07) is 7.63. The first-order valence-electron chi connectivity index (χ1n) is 6.39. The minimum absolute atomic E-state index is 0.409. The number of pyridine rings is 1. The third-order valence-electron chi connectivity index (χ3n) is 3.66. The van der Waals surface area contributed by atoms with Crippen molar-refractivity contribution in [2.45, 2.75) is 19.3 Å². The zero-order valence-electron chi connectivity index (χ0n) is 10.6. The number of rotatable bonds is 1. The zero-order chi connectivity index (χ0) is 14.3. The number of aromatic nitrogens is 1. The van der Waals surface area contributed by atoms with Gasteiger partial charge in [0.1, 0.15) is 5.75 Å². The van der Waals surface area contributed by atoms with Crippen molar-refractivity contribution in [3.63, 3.8) is 0 Å². The number of aromatic hydroxyl groups is 1. The fourth-order valence-electron chi connectivity index (χ4n) is 2.74. The quantitative estimate of drug-likeness (QED) is 0.739. The minimum atomic E-state index is -1.41. The highest BCUT2D eigenvalue weighted by Gasteiger charge is 2.24. The van der Waals surface area contributed by atoms with Crippen molar-refractivity contribution in [1.29, 1.82) is 0 Å². The van der Waals surface area contributed by atoms with E-state index in [0.29, 0.717) is 17.7 Å². The standard InChI is InChI=1S/C15H13NO4/c17-13-10-7-3-5-8-4-1-2-6-9(8)12(10)16-14(18)11(13)15(19)20/h1-2,4,6H,3,5,7H2,(H,19,20)(H2,16,17,18). The lowest BCUT2D eigenvalue weighted by atomic mass is 10.00. The zero-order valence-corrected chi connectivity index (χ0v) is 10.6. The van der Waals surface area contributed by atoms with E-state index >= 15 is 0 Å². The van der Waals surface area contributed by atoms with Gasteiger partial charge in [0.05, 0.1) is 5.69 Å². The van der Waals surface area contributed by atoms with E-state index < -0.39 is 22.8 Å². The first-order valence-corrected chi connectivity index (χ1v) is 6.39. The molecular weight excluding hydrogens is 258 g/mol. The summed E-state index contributed by atoms with van der Waals surface area (Å²) in [6.45, 7) is 0. The van der Waals surface area contributed by atoms with Crippen LogP contribution in [0.2, 0.25) is 0 Å². The van der Waals surface area contributed by atoms with E-state index in [1.807, 2.05) is 24.3 Å². The number of nitrogens with one attached hydrogen (secondary N) is 1. The second-order valence-electron chi connectivity index (χ2n) is 4.85. The summed E-state index contributed by atoms with van der Waals surface area (Å²) in [4.78, 5) is 25.6. The van der Waals surface area contributed by atoms with Crippen LogP contribution in [0.1, 0.15) is 27.9 Å². The highest BCUT2D eigenvalue weighted by Crippen LogP contribution is 2.35. The molecule has 1 aromatic heterocycles. The molecule has 0 spiro atoms. The number of aromatic carboxylic acids is 1. The number of hydrogen-bond acceptors (Lipinski definition) is 3. The molecule has 1 aromatic carbocycles. The van der Waals surface area contributed by atoms with Gasteiger partial charge in [-0.3, -0.25) is 4.79 Å². The monoisotopic (exact) mass is 271 g/mol. The smallest absolute Gasteiger partial charge is 0.345 e. The highest BCUT2D eigenvalue weighted by molar-refractivity contribution is 5.92. The molecule has 0 amide bonds. The Morgan fingerprint density at radius 2 is 1.95 bits per heavy atom. The van der Waals surface area contributed by atoms with Crippen LogP contribution in [0.15, 0.2) is 29.1 Å². The van der Waals surface area contributed by atoms with Crippen LogP contribution in [0.3, 0.4) is 0 Å². The molecule has 1 aliphatic rings. The number of benzene rings is 1. The molecule has 0 aliphatic heterocycles. The Hall–Kier alpha value is -2.56. The van der Waals surface area contributed by atoms with Gasteiger partial charge in [0.25, 0.3) is 5.56 Å². The van der Waals surface area contributed by atoms with Crippen molar-refractivity contribution < 1.29 is 15.0 Å². The molecule has 3 N–H and O–H groups in total. The fraction of sp³-hybridized carbons (Fsp3) is 0.200. The summed E-state index contributed by atoms with van der Waals surface area (Å²) >= 11 is 0. The second kappa shape index (κ2) is 4.52. The number of H-pyrrole nitrogens is 1. The predicted octanol–water partition coefficient (Wildman–Crippen LogP) is 1.93. The fourth-order valence-corrected chi connectivity index (χ4v) is 2.74. The molecule has 0 unspecified atom stereocenters. The van der Waals surface area contributed by atoms with Crippen molar-refractivity contribution in [3.05, 3.63) is 51.3 Å². The van der Waals surface area contributed by atoms with E-state index in [2.05, 4.69) is 4.98 Å². The summed E-state index contributed by atoms with van der Waals surface area (Å²) in [5.74, 6) is -1.82. The van der Waals surface area contributed by atoms with E-state index in [-0.39, 0.29) is 0 Å². The molecule has 0 saturated heterocycles. The summed E-state index contributed by atoms with van der Waals surface area (Å²) in [5.41, 5.74) is 1.62. The number of hydrogen-bond donors (Lipinski definition) is 3. The van der Waals surface area contributed by atoms with Crippen LogP contribution in [-0.4, -0.2) is 21.2 Å². The maximum Gasteiger partial charge on any atom is 0.345 e. The number of carbonyl (C=O) groups is 1. The van der Waals surface area contributed by atoms with Crippen molar-refractivity contribution in [2.75, 3.05) is 0 Å². The topological polar surface area (TPSA) is 90.4 Å². The van der Waals surface area contributed by atoms with Crippen LogP contribution in [-0.2, 0) is 12.8 Å². The molecule has 0 radical (unpaired) electrons. The van der Waals surface area contributed by atoms with E-state index in [1.165, 1.54) is 0 Å². The molecule has 102 valence electrons. The Morgan fingerprint density at radius 1 is 1.20 bits per heavy atom. The molecule has 20 heavy (non-hydrogen) atoms. The van der Waals surface area contributed by atoms with E-state index in [4.69, 9.17) is 5.11 Å². The number of carboxylic acids is 1. The average molecular weight is 271 g/mol. The molecule has 0 fully saturated rings. The van der Waals surface area contributed by atoms with Crippen LogP contribution < -0.4 is 5.56 Å². The summed E-state index contributed by atoms with van der Waals surface area (Å²) in [6.07, 6.45) is 2.16. The highest BCUT2D eigenvalue weighted by atomic mass is 16.4. The number of carboxylic acid groups (broad SMARTS) is 1. The SMILES string of the molecule is O=C(O)c1c(O)c2c([nH]c1=O)-c1ccccc1CCC2. The molecule has 0 atom stereocenters. The number of aryl methyl sites for hydroxylation is 1. The van der Waals surface area contributed by atoms with Gasteiger partial charge in [-0.2, -0.15) is 0 Å². The molecule has 2 aromatic rings. The Bertz CT molecular complexity index is 761. The Morgan fingerprint density at radius 3 is 2.70 bits per heavy atom. The van der Waals surface area contributed by atoms with Gasteiger partial charge in [-0.25, -0.2) is 4.79 Å². The molecule has 0 bridgehead atoms. The molecule has 5 heteroatoms. The Kier molecular flexibility index (Phi) is 2.82. The summed E-state index contributed by atoms with van der Waals surface area (Å²) in [5, 5.41) is 19.2. The van der Waals surface area contributed by atoms with Crippen LogP contribution in [0.5, 0.6) is 5.75 Å². The van der Waals surface area contributed by atoms with Gasteiger partial charge in [-0.1, -0.05) is 24.3 Å². The first-order chi connectivity index (χ1) is 9.59. The number of fused-ring (bicyclic) bond motifs is 3. The van der Waals surface area contributed by atoms with Crippen LogP contribution in [0, 0.1) is 0 Å². The van der Waals surface area contributed by atoms with Crippen LogP contribution in [0.4, 0.5) is 0 Å². The third kappa shape index (κ3) is 1.79. The van der Waals surface area contributed by atoms with Crippen molar-refractivity contribution in [1.82, 2.24) is 4.98 Å². The average Bonchev–Trinajstić information content (AvgIpc) is 2.58. The van der Waals surface area contributed by atoms with Crippen molar-refractivity contribution in [2.24, 2.45) is 0 Å². The van der Waals surface area contributed by atoms with Gasteiger partial charge in [-0.15, -0.1) is 0 Å². The first kappa shape index (κ1) is 12.5. The van der Waals surface area contributed by atoms with Crippen molar-refractivity contribution >= 4 is 5.97 Å². The lowest BCUT2D eigenvalue weighted by Gasteiger charge is -2.11. The maximum atomic E-state index is 11.9. The molecule has 1 heterocycles.